The minimum atomic E-state index is -3.29. The summed E-state index contributed by atoms with van der Waals surface area (Å²) in [5.74, 6) is -0.485. The second-order valence-electron chi connectivity index (χ2n) is 8.38. The first-order chi connectivity index (χ1) is 16.9. The number of hydrogen-bond donors (Lipinski definition) is 1. The highest BCUT2D eigenvalue weighted by Gasteiger charge is 2.24. The van der Waals surface area contributed by atoms with Gasteiger partial charge in [0.15, 0.2) is 0 Å². The number of aromatic nitrogens is 1. The molecule has 0 aliphatic carbocycles. The summed E-state index contributed by atoms with van der Waals surface area (Å²) < 4.78 is 24.2. The number of nitrogens with zero attached hydrogens (tertiary/aromatic N) is 2. The van der Waals surface area contributed by atoms with E-state index in [0.717, 1.165) is 11.1 Å². The Kier molecular flexibility index (Phi) is 7.23. The SMILES string of the molecule is CS(=O)(=O)CCc1c(-c2ccccc2)nc2ccccc2c1C(=O)N[C@@H](CC#N)c1ccccc1. The summed E-state index contributed by atoms with van der Waals surface area (Å²) >= 11 is 0. The predicted molar refractivity (Wildman–Crippen MR) is 137 cm³/mol. The maximum Gasteiger partial charge on any atom is 0.252 e. The molecule has 1 N–H and O–H groups in total. The van der Waals surface area contributed by atoms with E-state index in [1.165, 1.54) is 6.26 Å². The highest BCUT2D eigenvalue weighted by molar-refractivity contribution is 7.90. The summed E-state index contributed by atoms with van der Waals surface area (Å²) in [7, 11) is -3.29. The van der Waals surface area contributed by atoms with E-state index >= 15 is 0 Å². The van der Waals surface area contributed by atoms with Crippen LogP contribution in [0.2, 0.25) is 0 Å². The summed E-state index contributed by atoms with van der Waals surface area (Å²) in [5, 5.41) is 13.1. The molecule has 4 aromatic rings. The van der Waals surface area contributed by atoms with Crippen LogP contribution in [-0.2, 0) is 16.3 Å². The molecule has 0 aliphatic heterocycles. The summed E-state index contributed by atoms with van der Waals surface area (Å²) in [6, 6.07) is 27.7. The van der Waals surface area contributed by atoms with Crippen molar-refractivity contribution in [3.63, 3.8) is 0 Å². The zero-order valence-corrected chi connectivity index (χ0v) is 20.1. The van der Waals surface area contributed by atoms with Crippen LogP contribution in [0.4, 0.5) is 0 Å². The first kappa shape index (κ1) is 24.1. The molecule has 176 valence electrons. The molecule has 3 aromatic carbocycles. The Hall–Kier alpha value is -4.02. The van der Waals surface area contributed by atoms with Crippen molar-refractivity contribution < 1.29 is 13.2 Å². The predicted octanol–water partition coefficient (Wildman–Crippen LogP) is 4.87. The third kappa shape index (κ3) is 5.73. The van der Waals surface area contributed by atoms with Crippen LogP contribution in [-0.4, -0.2) is 31.3 Å². The van der Waals surface area contributed by atoms with Gasteiger partial charge in [-0.3, -0.25) is 4.79 Å². The van der Waals surface area contributed by atoms with E-state index in [1.54, 1.807) is 0 Å². The first-order valence-electron chi connectivity index (χ1n) is 11.2. The van der Waals surface area contributed by atoms with Gasteiger partial charge < -0.3 is 5.32 Å². The quantitative estimate of drug-likeness (QED) is 0.385. The molecule has 6 nitrogen and oxygen atoms in total. The third-order valence-corrected chi connectivity index (χ3v) is 6.74. The summed E-state index contributed by atoms with van der Waals surface area (Å²) in [6.45, 7) is 0. The number of sulfone groups is 1. The number of para-hydroxylation sites is 1. The Balaban J connectivity index is 1.90. The molecular weight excluding hydrogens is 458 g/mol. The van der Waals surface area contributed by atoms with Crippen molar-refractivity contribution in [2.24, 2.45) is 0 Å². The Morgan fingerprint density at radius 3 is 2.26 bits per heavy atom. The normalized spacial score (nSPS) is 12.1. The zero-order chi connectivity index (χ0) is 24.8. The fourth-order valence-corrected chi connectivity index (χ4v) is 4.71. The number of rotatable bonds is 8. The fourth-order valence-electron chi connectivity index (χ4n) is 4.14. The van der Waals surface area contributed by atoms with Crippen LogP contribution >= 0.6 is 0 Å². The number of carbonyl (C=O) groups is 1. The minimum Gasteiger partial charge on any atom is -0.344 e. The number of carbonyl (C=O) groups excluding carboxylic acids is 1. The van der Waals surface area contributed by atoms with Crippen LogP contribution in [0.15, 0.2) is 84.9 Å². The van der Waals surface area contributed by atoms with Crippen molar-refractivity contribution in [2.45, 2.75) is 18.9 Å². The number of amides is 1. The van der Waals surface area contributed by atoms with Crippen molar-refractivity contribution >= 4 is 26.6 Å². The third-order valence-electron chi connectivity index (χ3n) is 5.79. The van der Waals surface area contributed by atoms with Gasteiger partial charge in [0, 0.05) is 17.2 Å². The molecular formula is C28H25N3O3S. The molecule has 0 saturated carbocycles. The van der Waals surface area contributed by atoms with Crippen molar-refractivity contribution in [1.29, 1.82) is 5.26 Å². The molecule has 0 spiro atoms. The van der Waals surface area contributed by atoms with Crippen LogP contribution in [0.3, 0.4) is 0 Å². The number of fused-ring (bicyclic) bond motifs is 1. The number of hydrogen-bond acceptors (Lipinski definition) is 5. The maximum atomic E-state index is 13.8. The lowest BCUT2D eigenvalue weighted by molar-refractivity contribution is 0.0938. The summed E-state index contributed by atoms with van der Waals surface area (Å²) in [6.07, 6.45) is 1.42. The number of benzene rings is 3. The van der Waals surface area contributed by atoms with Gasteiger partial charge in [0.2, 0.25) is 0 Å². The van der Waals surface area contributed by atoms with E-state index in [2.05, 4.69) is 11.4 Å². The summed E-state index contributed by atoms with van der Waals surface area (Å²) in [4.78, 5) is 18.7. The van der Waals surface area contributed by atoms with Gasteiger partial charge >= 0.3 is 0 Å². The second-order valence-corrected chi connectivity index (χ2v) is 10.6. The van der Waals surface area contributed by atoms with Crippen LogP contribution < -0.4 is 5.32 Å². The fraction of sp³-hybridized carbons (Fsp3) is 0.179. The number of nitrogens with one attached hydrogen (secondary N) is 1. The largest absolute Gasteiger partial charge is 0.344 e. The van der Waals surface area contributed by atoms with Crippen LogP contribution in [0, 0.1) is 11.3 Å². The average molecular weight is 484 g/mol. The highest BCUT2D eigenvalue weighted by Crippen LogP contribution is 2.31. The molecule has 1 atom stereocenters. The highest BCUT2D eigenvalue weighted by atomic mass is 32.2. The van der Waals surface area contributed by atoms with Crippen LogP contribution in [0.1, 0.15) is 33.9 Å². The Morgan fingerprint density at radius 2 is 1.60 bits per heavy atom. The Morgan fingerprint density at radius 1 is 0.971 bits per heavy atom. The lowest BCUT2D eigenvalue weighted by atomic mass is 9.94. The lowest BCUT2D eigenvalue weighted by Crippen LogP contribution is -2.30. The van der Waals surface area contributed by atoms with Gasteiger partial charge in [0.1, 0.15) is 9.84 Å². The monoisotopic (exact) mass is 483 g/mol. The van der Waals surface area contributed by atoms with Gasteiger partial charge in [-0.15, -0.1) is 0 Å². The van der Waals surface area contributed by atoms with Gasteiger partial charge in [-0.2, -0.15) is 5.26 Å². The Bertz CT molecular complexity index is 1500. The standard InChI is InChI=1S/C28H25N3O3S/c1-35(33,34)19-17-23-26(28(32)31-24(16-18-29)20-10-4-2-5-11-20)22-14-8-9-15-25(22)30-27(23)21-12-6-3-7-13-21/h2-15,24H,16-17,19H2,1H3,(H,31,32)/t24-/m0/s1. The van der Waals surface area contributed by atoms with Gasteiger partial charge in [-0.05, 0) is 23.6 Å². The minimum absolute atomic E-state index is 0.100. The molecule has 4 rings (SSSR count). The molecule has 0 saturated heterocycles. The van der Waals surface area contributed by atoms with E-state index in [9.17, 15) is 18.5 Å². The van der Waals surface area contributed by atoms with Crippen molar-refractivity contribution in [2.75, 3.05) is 12.0 Å². The molecule has 1 aromatic heterocycles. The molecule has 0 bridgehead atoms. The molecule has 0 aliphatic rings. The second kappa shape index (κ2) is 10.5. The van der Waals surface area contributed by atoms with E-state index < -0.39 is 15.9 Å². The van der Waals surface area contributed by atoms with Gasteiger partial charge in [-0.1, -0.05) is 78.9 Å². The van der Waals surface area contributed by atoms with Crippen molar-refractivity contribution in [3.05, 3.63) is 102 Å². The maximum absolute atomic E-state index is 13.8. The number of nitriles is 1. The molecule has 0 radical (unpaired) electrons. The lowest BCUT2D eigenvalue weighted by Gasteiger charge is -2.21. The van der Waals surface area contributed by atoms with Gasteiger partial charge in [0.25, 0.3) is 5.91 Å². The molecule has 7 heteroatoms. The molecule has 1 amide bonds. The molecule has 1 heterocycles. The van der Waals surface area contributed by atoms with Crippen molar-refractivity contribution in [3.8, 4) is 17.3 Å². The average Bonchev–Trinajstić information content (AvgIpc) is 2.87. The zero-order valence-electron chi connectivity index (χ0n) is 19.3. The van der Waals surface area contributed by atoms with Gasteiger partial charge in [-0.25, -0.2) is 13.4 Å². The number of pyridine rings is 1. The van der Waals surface area contributed by atoms with E-state index in [0.29, 0.717) is 27.7 Å². The first-order valence-corrected chi connectivity index (χ1v) is 13.3. The molecule has 35 heavy (non-hydrogen) atoms. The smallest absolute Gasteiger partial charge is 0.252 e. The molecule has 0 fully saturated rings. The summed E-state index contributed by atoms with van der Waals surface area (Å²) in [5.41, 5.74) is 3.79. The topological polar surface area (TPSA) is 99.9 Å². The van der Waals surface area contributed by atoms with E-state index in [-0.39, 0.29) is 24.5 Å². The van der Waals surface area contributed by atoms with Crippen molar-refractivity contribution in [1.82, 2.24) is 10.3 Å². The van der Waals surface area contributed by atoms with E-state index in [1.807, 2.05) is 84.9 Å². The van der Waals surface area contributed by atoms with E-state index in [4.69, 9.17) is 4.98 Å². The Labute approximate surface area is 205 Å². The van der Waals surface area contributed by atoms with Crippen LogP contribution in [0.5, 0.6) is 0 Å². The van der Waals surface area contributed by atoms with Crippen LogP contribution in [0.25, 0.3) is 22.2 Å². The van der Waals surface area contributed by atoms with Gasteiger partial charge in [0.05, 0.1) is 41.1 Å². The molecule has 0 unspecified atom stereocenters.